The summed E-state index contributed by atoms with van der Waals surface area (Å²) in [5.74, 6) is 0.666. The van der Waals surface area contributed by atoms with Gasteiger partial charge in [-0.1, -0.05) is 37.8 Å². The van der Waals surface area contributed by atoms with E-state index in [1.54, 1.807) is 20.8 Å². The average molecular weight is 576 g/mol. The Hall–Kier alpha value is -3.07. The van der Waals surface area contributed by atoms with Gasteiger partial charge in [0.1, 0.15) is 12.1 Å². The van der Waals surface area contributed by atoms with Crippen molar-refractivity contribution < 1.29 is 14.3 Å². The van der Waals surface area contributed by atoms with Crippen molar-refractivity contribution in [2.45, 2.75) is 121 Å². The summed E-state index contributed by atoms with van der Waals surface area (Å²) in [7, 11) is 0. The predicted molar refractivity (Wildman–Crippen MR) is 164 cm³/mol. The van der Waals surface area contributed by atoms with Crippen molar-refractivity contribution in [1.82, 2.24) is 14.5 Å². The molecule has 1 aromatic carbocycles. The number of para-hydroxylation sites is 2. The van der Waals surface area contributed by atoms with Crippen LogP contribution in [0.5, 0.6) is 0 Å². The molecule has 0 spiro atoms. The van der Waals surface area contributed by atoms with Crippen LogP contribution in [0, 0.1) is 11.8 Å². The molecule has 1 aromatic heterocycles. The van der Waals surface area contributed by atoms with Crippen molar-refractivity contribution in [3.63, 3.8) is 0 Å². The van der Waals surface area contributed by atoms with E-state index in [0.717, 1.165) is 36.4 Å². The number of benzene rings is 1. The zero-order valence-electron chi connectivity index (χ0n) is 25.3. The van der Waals surface area contributed by atoms with Gasteiger partial charge >= 0.3 is 5.97 Å². The topological polar surface area (TPSA) is 106 Å². The van der Waals surface area contributed by atoms with Crippen molar-refractivity contribution >= 4 is 34.9 Å². The lowest BCUT2D eigenvalue weighted by Crippen LogP contribution is -2.58. The third-order valence-corrected chi connectivity index (χ3v) is 9.78. The Bertz CT molecular complexity index is 1390. The number of amides is 1. The van der Waals surface area contributed by atoms with Crippen molar-refractivity contribution in [2.24, 2.45) is 16.8 Å². The van der Waals surface area contributed by atoms with Crippen LogP contribution in [0.3, 0.4) is 0 Å². The number of rotatable bonds is 6. The Kier molecular flexibility index (Phi) is 8.22. The molecule has 5 atom stereocenters. The third kappa shape index (κ3) is 6.31. The molecule has 4 bridgehead atoms. The number of carbonyl (C=O) groups is 2. The van der Waals surface area contributed by atoms with Crippen molar-refractivity contribution in [2.75, 3.05) is 11.9 Å². The maximum Gasteiger partial charge on any atom is 0.328 e. The minimum Gasteiger partial charge on any atom is -0.459 e. The number of nitrogens with zero attached hydrogens (tertiary/aromatic N) is 4. The lowest BCUT2D eigenvalue weighted by atomic mass is 9.68. The van der Waals surface area contributed by atoms with Crippen LogP contribution in [0.1, 0.15) is 97.4 Å². The van der Waals surface area contributed by atoms with Gasteiger partial charge in [0, 0.05) is 24.2 Å². The summed E-state index contributed by atoms with van der Waals surface area (Å²) >= 11 is 0. The molecular weight excluding hydrogens is 530 g/mol. The Labute approximate surface area is 248 Å². The fourth-order valence-electron chi connectivity index (χ4n) is 8.46. The molecular formula is C33H45N5O4. The quantitative estimate of drug-likeness (QED) is 0.371. The van der Waals surface area contributed by atoms with Crippen LogP contribution >= 0.6 is 0 Å². The maximum absolute atomic E-state index is 13.9. The van der Waals surface area contributed by atoms with Gasteiger partial charge in [0.25, 0.3) is 11.5 Å². The summed E-state index contributed by atoms with van der Waals surface area (Å²) in [6.45, 7) is 5.05. The molecule has 226 valence electrons. The molecule has 42 heavy (non-hydrogen) atoms. The predicted octanol–water partition coefficient (Wildman–Crippen LogP) is 5.27. The molecule has 3 heterocycles. The minimum absolute atomic E-state index is 0.00453. The molecule has 4 fully saturated rings. The molecule has 1 N–H and O–H groups in total. The Balaban J connectivity index is 1.22. The van der Waals surface area contributed by atoms with Crippen molar-refractivity contribution in [3.8, 4) is 0 Å². The summed E-state index contributed by atoms with van der Waals surface area (Å²) in [5.41, 5.74) is 0.568. The first-order chi connectivity index (χ1) is 20.1. The smallest absolute Gasteiger partial charge is 0.328 e. The second-order valence-electron chi connectivity index (χ2n) is 14.0. The number of aromatic nitrogens is 2. The number of nitrogens with one attached hydrogen (secondary N) is 1. The van der Waals surface area contributed by atoms with E-state index >= 15 is 0 Å². The Morgan fingerprint density at radius 1 is 0.952 bits per heavy atom. The van der Waals surface area contributed by atoms with Gasteiger partial charge in [0.15, 0.2) is 5.82 Å². The van der Waals surface area contributed by atoms with Gasteiger partial charge < -0.3 is 14.6 Å². The number of piperidine rings is 2. The molecule has 9 heteroatoms. The van der Waals surface area contributed by atoms with Gasteiger partial charge in [-0.3, -0.25) is 24.3 Å². The molecule has 3 unspecified atom stereocenters. The highest BCUT2D eigenvalue weighted by molar-refractivity contribution is 6.31. The number of fused-ring (bicyclic) bond motifs is 5. The van der Waals surface area contributed by atoms with Crippen LogP contribution in [0.15, 0.2) is 34.1 Å². The fourth-order valence-corrected chi connectivity index (χ4v) is 8.46. The standard InChI is InChI=1S/C33H45N5O4/c1-33(2,3)42-30(40)20-34-19-29(39)36-31-32(41)38(28-13-5-4-12-27(28)35-31)26-17-23-10-7-11-24(18-26)37(23)25-15-21-8-6-9-22(14-21)16-25/h4-5,12-13,19,21-26H,6-11,14-18,20H2,1-3H3,(H,35,36,39)/t21?,22?,23-,24?,25?,26+/m1/s1. The van der Waals surface area contributed by atoms with E-state index in [0.29, 0.717) is 23.6 Å². The number of carbonyl (C=O) groups excluding carboxylic acids is 2. The van der Waals surface area contributed by atoms with Gasteiger partial charge in [-0.05, 0) is 89.7 Å². The molecule has 6 rings (SSSR count). The number of anilines is 1. The summed E-state index contributed by atoms with van der Waals surface area (Å²) in [5, 5.41) is 2.64. The van der Waals surface area contributed by atoms with E-state index in [9.17, 15) is 14.4 Å². The Morgan fingerprint density at radius 3 is 2.31 bits per heavy atom. The van der Waals surface area contributed by atoms with Crippen LogP contribution in [-0.2, 0) is 14.3 Å². The van der Waals surface area contributed by atoms with Crippen LogP contribution < -0.4 is 10.9 Å². The van der Waals surface area contributed by atoms with Gasteiger partial charge in [-0.25, -0.2) is 4.98 Å². The minimum atomic E-state index is -0.626. The number of esters is 1. The van der Waals surface area contributed by atoms with Gasteiger partial charge in [-0.2, -0.15) is 0 Å². The summed E-state index contributed by atoms with van der Waals surface area (Å²) < 4.78 is 7.13. The highest BCUT2D eigenvalue weighted by atomic mass is 16.6. The molecule has 2 saturated carbocycles. The first kappa shape index (κ1) is 29.0. The fraction of sp³-hybridized carbons (Fsp3) is 0.667. The molecule has 2 aliphatic carbocycles. The van der Waals surface area contributed by atoms with Gasteiger partial charge in [0.2, 0.25) is 0 Å². The zero-order chi connectivity index (χ0) is 29.4. The summed E-state index contributed by atoms with van der Waals surface area (Å²) in [4.78, 5) is 49.9. The lowest BCUT2D eigenvalue weighted by Gasteiger charge is -2.55. The average Bonchev–Trinajstić information content (AvgIpc) is 2.91. The second-order valence-corrected chi connectivity index (χ2v) is 14.0. The molecule has 9 nitrogen and oxygen atoms in total. The molecule has 2 saturated heterocycles. The molecule has 1 amide bonds. The number of hydrogen-bond donors (Lipinski definition) is 1. The highest BCUT2D eigenvalue weighted by Crippen LogP contribution is 2.47. The SMILES string of the molecule is CC(C)(C)OC(=O)CN=CC(=O)Nc1nc2ccccc2n([C@@H]2CC3CCC[C@H](C2)N3C2CC3CCCC(C3)C2)c1=O. The van der Waals surface area contributed by atoms with Crippen LogP contribution in [0.2, 0.25) is 0 Å². The van der Waals surface area contributed by atoms with Crippen LogP contribution in [0.25, 0.3) is 11.0 Å². The largest absolute Gasteiger partial charge is 0.459 e. The van der Waals surface area contributed by atoms with Crippen molar-refractivity contribution in [1.29, 1.82) is 0 Å². The maximum atomic E-state index is 13.9. The molecule has 2 aliphatic heterocycles. The van der Waals surface area contributed by atoms with E-state index in [1.807, 2.05) is 28.8 Å². The van der Waals surface area contributed by atoms with E-state index in [4.69, 9.17) is 4.74 Å². The first-order valence-corrected chi connectivity index (χ1v) is 16.0. The lowest BCUT2D eigenvalue weighted by molar-refractivity contribution is -0.152. The Morgan fingerprint density at radius 2 is 1.62 bits per heavy atom. The van der Waals surface area contributed by atoms with Gasteiger partial charge in [0.05, 0.1) is 17.2 Å². The van der Waals surface area contributed by atoms with Gasteiger partial charge in [-0.15, -0.1) is 0 Å². The monoisotopic (exact) mass is 575 g/mol. The second kappa shape index (κ2) is 11.9. The number of hydrogen-bond acceptors (Lipinski definition) is 7. The highest BCUT2D eigenvalue weighted by Gasteiger charge is 2.45. The molecule has 4 aliphatic rings. The van der Waals surface area contributed by atoms with E-state index in [-0.39, 0.29) is 24.0 Å². The van der Waals surface area contributed by atoms with Crippen LogP contribution in [-0.4, -0.2) is 62.8 Å². The number of aliphatic imine (C=N–C) groups is 1. The van der Waals surface area contributed by atoms with E-state index in [2.05, 4.69) is 20.2 Å². The zero-order valence-corrected chi connectivity index (χ0v) is 25.3. The molecule has 0 radical (unpaired) electrons. The summed E-state index contributed by atoms with van der Waals surface area (Å²) in [6, 6.07) is 9.40. The summed E-state index contributed by atoms with van der Waals surface area (Å²) in [6.07, 6.45) is 14.9. The third-order valence-electron chi connectivity index (χ3n) is 9.78. The van der Waals surface area contributed by atoms with E-state index < -0.39 is 17.5 Å². The normalized spacial score (nSPS) is 29.9. The molecule has 2 aromatic rings. The van der Waals surface area contributed by atoms with Crippen molar-refractivity contribution in [3.05, 3.63) is 34.6 Å². The van der Waals surface area contributed by atoms with E-state index in [1.165, 1.54) is 57.8 Å². The van der Waals surface area contributed by atoms with Crippen LogP contribution in [0.4, 0.5) is 5.82 Å². The first-order valence-electron chi connectivity index (χ1n) is 16.0. The number of ether oxygens (including phenoxy) is 1.